The lowest BCUT2D eigenvalue weighted by Gasteiger charge is -2.33. The molecule has 0 fully saturated rings. The number of carbonyl (C=O) groups is 2. The van der Waals surface area contributed by atoms with Crippen LogP contribution in [0.4, 0.5) is 5.69 Å². The maximum Gasteiger partial charge on any atom is 0.264 e. The Morgan fingerprint density at radius 3 is 2.21 bits per heavy atom. The molecule has 42 heavy (non-hydrogen) atoms. The molecule has 3 aromatic carbocycles. The Bertz CT molecular complexity index is 1520. The van der Waals surface area contributed by atoms with Crippen LogP contribution in [0.3, 0.4) is 0 Å². The molecule has 12 heteroatoms. The molecule has 0 saturated carbocycles. The minimum absolute atomic E-state index is 0.00375. The number of hydrogen-bond acceptors (Lipinski definition) is 6. The van der Waals surface area contributed by atoms with Gasteiger partial charge in [-0.05, 0) is 56.7 Å². The lowest BCUT2D eigenvalue weighted by molar-refractivity contribution is -0.139. The van der Waals surface area contributed by atoms with Crippen LogP contribution in [0.2, 0.25) is 10.0 Å². The smallest absolute Gasteiger partial charge is 0.264 e. The molecule has 1 aliphatic rings. The number of fused-ring (bicyclic) bond motifs is 1. The summed E-state index contributed by atoms with van der Waals surface area (Å²) in [7, 11) is -4.23. The van der Waals surface area contributed by atoms with Crippen LogP contribution in [0, 0.1) is 0 Å². The maximum absolute atomic E-state index is 14.1. The summed E-state index contributed by atoms with van der Waals surface area (Å²) in [5.41, 5.74) is 0.637. The zero-order chi connectivity index (χ0) is 30.4. The molecule has 1 heterocycles. The van der Waals surface area contributed by atoms with Crippen molar-refractivity contribution in [2.24, 2.45) is 0 Å². The number of benzene rings is 3. The van der Waals surface area contributed by atoms with E-state index in [9.17, 15) is 18.0 Å². The molecule has 1 aliphatic heterocycles. The number of rotatable bonds is 11. The average Bonchev–Trinajstić information content (AvgIpc) is 2.99. The van der Waals surface area contributed by atoms with Gasteiger partial charge in [0.2, 0.25) is 11.8 Å². The summed E-state index contributed by atoms with van der Waals surface area (Å²) in [6.45, 7) is 5.32. The van der Waals surface area contributed by atoms with Crippen molar-refractivity contribution in [3.63, 3.8) is 0 Å². The van der Waals surface area contributed by atoms with Gasteiger partial charge < -0.3 is 19.7 Å². The van der Waals surface area contributed by atoms with Crippen molar-refractivity contribution in [3.8, 4) is 11.5 Å². The van der Waals surface area contributed by atoms with Crippen molar-refractivity contribution in [3.05, 3.63) is 82.3 Å². The first-order chi connectivity index (χ1) is 20.0. The lowest BCUT2D eigenvalue weighted by atomic mass is 10.1. The van der Waals surface area contributed by atoms with Crippen molar-refractivity contribution in [1.29, 1.82) is 0 Å². The van der Waals surface area contributed by atoms with Crippen molar-refractivity contribution in [2.75, 3.05) is 24.1 Å². The fourth-order valence-corrected chi connectivity index (χ4v) is 6.28. The lowest BCUT2D eigenvalue weighted by Crippen LogP contribution is -2.52. The largest absolute Gasteiger partial charge is 0.486 e. The summed E-state index contributed by atoms with van der Waals surface area (Å²) < 4.78 is 40.2. The zero-order valence-corrected chi connectivity index (χ0v) is 25.9. The third kappa shape index (κ3) is 7.11. The Morgan fingerprint density at radius 1 is 0.929 bits per heavy atom. The zero-order valence-electron chi connectivity index (χ0n) is 23.5. The minimum atomic E-state index is -4.23. The monoisotopic (exact) mass is 633 g/mol. The third-order valence-electron chi connectivity index (χ3n) is 6.98. The molecule has 3 aromatic rings. The summed E-state index contributed by atoms with van der Waals surface area (Å²) in [5, 5.41) is 3.52. The van der Waals surface area contributed by atoms with Crippen LogP contribution in [-0.4, -0.2) is 57.0 Å². The van der Waals surface area contributed by atoms with Gasteiger partial charge in [-0.2, -0.15) is 0 Å². The quantitative estimate of drug-likeness (QED) is 0.308. The van der Waals surface area contributed by atoms with Crippen molar-refractivity contribution >= 4 is 50.7 Å². The molecular formula is C30H33Cl2N3O6S. The van der Waals surface area contributed by atoms with E-state index in [2.05, 4.69) is 5.32 Å². The summed E-state index contributed by atoms with van der Waals surface area (Å²) in [6, 6.07) is 16.3. The topological polar surface area (TPSA) is 105 Å². The molecule has 0 radical (unpaired) electrons. The van der Waals surface area contributed by atoms with Crippen molar-refractivity contribution in [1.82, 2.24) is 10.2 Å². The van der Waals surface area contributed by atoms with E-state index in [0.717, 1.165) is 4.31 Å². The Morgan fingerprint density at radius 2 is 1.57 bits per heavy atom. The number of nitrogens with zero attached hydrogens (tertiary/aromatic N) is 2. The summed E-state index contributed by atoms with van der Waals surface area (Å²) in [6.07, 6.45) is 0.690. The van der Waals surface area contributed by atoms with Gasteiger partial charge in [-0.3, -0.25) is 13.9 Å². The molecule has 2 amide bonds. The van der Waals surface area contributed by atoms with Gasteiger partial charge in [-0.25, -0.2) is 8.42 Å². The van der Waals surface area contributed by atoms with Crippen LogP contribution in [0.15, 0.2) is 71.6 Å². The maximum atomic E-state index is 14.1. The first kappa shape index (κ1) is 31.5. The van der Waals surface area contributed by atoms with Gasteiger partial charge >= 0.3 is 0 Å². The molecule has 9 nitrogen and oxygen atoms in total. The van der Waals surface area contributed by atoms with E-state index in [4.69, 9.17) is 32.7 Å². The molecule has 1 N–H and O–H groups in total. The molecule has 0 unspecified atom stereocenters. The predicted octanol–water partition coefficient (Wildman–Crippen LogP) is 5.29. The minimum Gasteiger partial charge on any atom is -0.486 e. The van der Waals surface area contributed by atoms with Crippen LogP contribution in [0.25, 0.3) is 0 Å². The van der Waals surface area contributed by atoms with E-state index < -0.39 is 34.4 Å². The van der Waals surface area contributed by atoms with E-state index >= 15 is 0 Å². The number of anilines is 1. The predicted molar refractivity (Wildman–Crippen MR) is 163 cm³/mol. The molecule has 0 spiro atoms. The van der Waals surface area contributed by atoms with E-state index in [1.54, 1.807) is 55.5 Å². The number of hydrogen-bond donors (Lipinski definition) is 1. The summed E-state index contributed by atoms with van der Waals surface area (Å²) >= 11 is 12.9. The van der Waals surface area contributed by atoms with Crippen LogP contribution in [-0.2, 0) is 26.2 Å². The Balaban J connectivity index is 1.76. The highest BCUT2D eigenvalue weighted by molar-refractivity contribution is 7.92. The van der Waals surface area contributed by atoms with Gasteiger partial charge in [0.1, 0.15) is 25.8 Å². The summed E-state index contributed by atoms with van der Waals surface area (Å²) in [4.78, 5) is 28.6. The van der Waals surface area contributed by atoms with Gasteiger partial charge in [-0.15, -0.1) is 0 Å². The van der Waals surface area contributed by atoms with Crippen LogP contribution < -0.4 is 19.1 Å². The SMILES string of the molecule is CC[C@H](C)NC(=O)[C@H](C)N(Cc1c(Cl)cccc1Cl)C(=O)CN(c1ccc2c(c1)OCCO2)S(=O)(=O)c1ccccc1. The fourth-order valence-electron chi connectivity index (χ4n) is 4.34. The molecule has 4 rings (SSSR count). The fraction of sp³-hybridized carbons (Fsp3) is 0.333. The number of carbonyl (C=O) groups excluding carboxylic acids is 2. The highest BCUT2D eigenvalue weighted by Crippen LogP contribution is 2.36. The molecule has 2 atom stereocenters. The van der Waals surface area contributed by atoms with Gasteiger partial charge in [-0.1, -0.05) is 54.4 Å². The number of nitrogens with one attached hydrogen (secondary N) is 1. The van der Waals surface area contributed by atoms with Gasteiger partial charge in [0.15, 0.2) is 11.5 Å². The van der Waals surface area contributed by atoms with Crippen molar-refractivity contribution < 1.29 is 27.5 Å². The van der Waals surface area contributed by atoms with Crippen molar-refractivity contribution in [2.45, 2.75) is 50.7 Å². The summed E-state index contributed by atoms with van der Waals surface area (Å²) in [5.74, 6) is -0.191. The standard InChI is InChI=1S/C30H33Cl2N3O6S/c1-4-20(2)33-30(37)21(3)34(18-24-25(31)11-8-12-26(24)32)29(36)19-35(42(38,39)23-9-6-5-7-10-23)22-13-14-27-28(17-22)41-16-15-40-27/h5-14,17,20-21H,4,15-16,18-19H2,1-3H3,(H,33,37)/t20-,21-/m0/s1. The second-order valence-electron chi connectivity index (χ2n) is 9.87. The number of halogens is 2. The first-order valence-corrected chi connectivity index (χ1v) is 15.7. The molecule has 0 aliphatic carbocycles. The second kappa shape index (κ2) is 13.7. The molecule has 0 aromatic heterocycles. The normalized spacial score (nSPS) is 14.0. The molecule has 224 valence electrons. The number of amides is 2. The average molecular weight is 635 g/mol. The molecular weight excluding hydrogens is 601 g/mol. The van der Waals surface area contributed by atoms with Gasteiger partial charge in [0.25, 0.3) is 10.0 Å². The number of ether oxygens (including phenoxy) is 2. The van der Waals surface area contributed by atoms with Crippen LogP contribution in [0.1, 0.15) is 32.8 Å². The Kier molecular flexibility index (Phi) is 10.2. The third-order valence-corrected chi connectivity index (χ3v) is 9.48. The highest BCUT2D eigenvalue weighted by Gasteiger charge is 2.34. The molecule has 0 saturated heterocycles. The first-order valence-electron chi connectivity index (χ1n) is 13.5. The van der Waals surface area contributed by atoms with E-state index in [1.165, 1.54) is 23.1 Å². The highest BCUT2D eigenvalue weighted by atomic mass is 35.5. The second-order valence-corrected chi connectivity index (χ2v) is 12.5. The van der Waals surface area contributed by atoms with Gasteiger partial charge in [0, 0.05) is 34.3 Å². The van der Waals surface area contributed by atoms with E-state index in [-0.39, 0.29) is 23.2 Å². The molecule has 0 bridgehead atoms. The van der Waals surface area contributed by atoms with Gasteiger partial charge in [0.05, 0.1) is 10.6 Å². The Labute approximate surface area is 256 Å². The van der Waals surface area contributed by atoms with Crippen LogP contribution in [0.5, 0.6) is 11.5 Å². The number of sulfonamides is 1. The van der Waals surface area contributed by atoms with E-state index in [1.807, 2.05) is 13.8 Å². The Hall–Kier alpha value is -3.47. The van der Waals surface area contributed by atoms with Crippen LogP contribution >= 0.6 is 23.2 Å². The van der Waals surface area contributed by atoms with E-state index in [0.29, 0.717) is 46.7 Å².